The Morgan fingerprint density at radius 2 is 2.10 bits per heavy atom. The number of ether oxygens (including phenoxy) is 2. The van der Waals surface area contributed by atoms with E-state index in [9.17, 15) is 5.11 Å². The van der Waals surface area contributed by atoms with Gasteiger partial charge in [-0.1, -0.05) is 18.2 Å². The third-order valence-electron chi connectivity index (χ3n) is 3.85. The van der Waals surface area contributed by atoms with Gasteiger partial charge in [-0.05, 0) is 44.2 Å². The van der Waals surface area contributed by atoms with Gasteiger partial charge in [0.1, 0.15) is 18.5 Å². The Hall–Kier alpha value is -1.10. The van der Waals surface area contributed by atoms with Crippen LogP contribution in [0.4, 0.5) is 0 Å². The lowest BCUT2D eigenvalue weighted by Crippen LogP contribution is -2.37. The first-order valence-corrected chi connectivity index (χ1v) is 7.86. The zero-order valence-corrected chi connectivity index (χ0v) is 13.1. The van der Waals surface area contributed by atoms with Gasteiger partial charge in [0.25, 0.3) is 0 Å². The Balaban J connectivity index is 1.66. The van der Waals surface area contributed by atoms with Crippen molar-refractivity contribution in [3.05, 3.63) is 29.3 Å². The van der Waals surface area contributed by atoms with Crippen LogP contribution in [0.2, 0.25) is 0 Å². The van der Waals surface area contributed by atoms with Crippen molar-refractivity contribution in [1.82, 2.24) is 5.32 Å². The van der Waals surface area contributed by atoms with Gasteiger partial charge in [0.2, 0.25) is 0 Å². The third kappa shape index (κ3) is 5.30. The summed E-state index contributed by atoms with van der Waals surface area (Å²) in [7, 11) is 0. The minimum Gasteiger partial charge on any atom is -0.490 e. The summed E-state index contributed by atoms with van der Waals surface area (Å²) in [6.45, 7) is 6.56. The molecule has 1 fully saturated rings. The summed E-state index contributed by atoms with van der Waals surface area (Å²) in [5.74, 6) is 0.882. The molecule has 4 heteroatoms. The van der Waals surface area contributed by atoms with Crippen molar-refractivity contribution in [3.8, 4) is 5.75 Å². The van der Waals surface area contributed by atoms with E-state index in [4.69, 9.17) is 9.47 Å². The van der Waals surface area contributed by atoms with Crippen LogP contribution in [0.15, 0.2) is 18.2 Å². The second kappa shape index (κ2) is 8.37. The van der Waals surface area contributed by atoms with Crippen molar-refractivity contribution in [3.63, 3.8) is 0 Å². The van der Waals surface area contributed by atoms with Crippen LogP contribution in [0.25, 0.3) is 0 Å². The van der Waals surface area contributed by atoms with Crippen LogP contribution in [-0.2, 0) is 4.74 Å². The highest BCUT2D eigenvalue weighted by Crippen LogP contribution is 2.22. The second-order valence-electron chi connectivity index (χ2n) is 5.83. The van der Waals surface area contributed by atoms with E-state index >= 15 is 0 Å². The van der Waals surface area contributed by atoms with Crippen LogP contribution in [0.1, 0.15) is 30.4 Å². The first-order chi connectivity index (χ1) is 10.2. The number of benzene rings is 1. The SMILES string of the molecule is Cc1cccc(C)c1OCC(O)CNCC1CCCCO1. The Bertz CT molecular complexity index is 410. The quantitative estimate of drug-likeness (QED) is 0.809. The van der Waals surface area contributed by atoms with Gasteiger partial charge in [-0.25, -0.2) is 0 Å². The number of nitrogens with one attached hydrogen (secondary N) is 1. The van der Waals surface area contributed by atoms with Crippen LogP contribution in [-0.4, -0.2) is 43.6 Å². The molecule has 1 aromatic rings. The molecule has 1 heterocycles. The minimum absolute atomic E-state index is 0.297. The Labute approximate surface area is 127 Å². The molecule has 4 nitrogen and oxygen atoms in total. The van der Waals surface area contributed by atoms with Gasteiger partial charge in [-0.2, -0.15) is 0 Å². The molecular weight excluding hydrogens is 266 g/mol. The van der Waals surface area contributed by atoms with Crippen molar-refractivity contribution in [2.75, 3.05) is 26.3 Å². The molecule has 2 rings (SSSR count). The molecular formula is C17H27NO3. The maximum atomic E-state index is 9.99. The summed E-state index contributed by atoms with van der Waals surface area (Å²) in [4.78, 5) is 0. The molecule has 1 aliphatic heterocycles. The average Bonchev–Trinajstić information content (AvgIpc) is 2.48. The van der Waals surface area contributed by atoms with Crippen molar-refractivity contribution in [1.29, 1.82) is 0 Å². The largest absolute Gasteiger partial charge is 0.490 e. The number of para-hydroxylation sites is 1. The van der Waals surface area contributed by atoms with E-state index in [1.165, 1.54) is 12.8 Å². The molecule has 0 spiro atoms. The number of aliphatic hydroxyl groups is 1. The van der Waals surface area contributed by atoms with E-state index in [-0.39, 0.29) is 0 Å². The summed E-state index contributed by atoms with van der Waals surface area (Å²) in [5.41, 5.74) is 2.21. The Morgan fingerprint density at radius 1 is 1.33 bits per heavy atom. The molecule has 2 atom stereocenters. The smallest absolute Gasteiger partial charge is 0.125 e. The highest BCUT2D eigenvalue weighted by Gasteiger charge is 2.14. The first-order valence-electron chi connectivity index (χ1n) is 7.86. The molecule has 2 N–H and O–H groups in total. The molecule has 0 aromatic heterocycles. The van der Waals surface area contributed by atoms with Crippen molar-refractivity contribution >= 4 is 0 Å². The average molecular weight is 293 g/mol. The van der Waals surface area contributed by atoms with Crippen LogP contribution in [0.3, 0.4) is 0 Å². The topological polar surface area (TPSA) is 50.7 Å². The highest BCUT2D eigenvalue weighted by molar-refractivity contribution is 5.39. The van der Waals surface area contributed by atoms with Crippen LogP contribution in [0, 0.1) is 13.8 Å². The van der Waals surface area contributed by atoms with E-state index in [2.05, 4.69) is 5.32 Å². The first kappa shape index (κ1) is 16.3. The molecule has 2 unspecified atom stereocenters. The number of rotatable bonds is 7. The van der Waals surface area contributed by atoms with Crippen molar-refractivity contribution in [2.45, 2.75) is 45.3 Å². The molecule has 1 saturated heterocycles. The second-order valence-corrected chi connectivity index (χ2v) is 5.83. The molecule has 0 bridgehead atoms. The summed E-state index contributed by atoms with van der Waals surface area (Å²) < 4.78 is 11.4. The number of aliphatic hydroxyl groups excluding tert-OH is 1. The molecule has 0 radical (unpaired) electrons. The van der Waals surface area contributed by atoms with Gasteiger partial charge >= 0.3 is 0 Å². The predicted molar refractivity (Wildman–Crippen MR) is 83.9 cm³/mol. The van der Waals surface area contributed by atoms with Gasteiger partial charge < -0.3 is 19.9 Å². The molecule has 118 valence electrons. The number of aryl methyl sites for hydroxylation is 2. The lowest BCUT2D eigenvalue weighted by Gasteiger charge is -2.23. The van der Waals surface area contributed by atoms with Crippen LogP contribution in [0.5, 0.6) is 5.75 Å². The van der Waals surface area contributed by atoms with E-state index < -0.39 is 6.10 Å². The highest BCUT2D eigenvalue weighted by atomic mass is 16.5. The minimum atomic E-state index is -0.507. The predicted octanol–water partition coefficient (Wildman–Crippen LogP) is 2.20. The van der Waals surface area contributed by atoms with E-state index in [1.54, 1.807) is 0 Å². The monoisotopic (exact) mass is 293 g/mol. The maximum absolute atomic E-state index is 9.99. The van der Waals surface area contributed by atoms with E-state index in [0.717, 1.165) is 36.4 Å². The van der Waals surface area contributed by atoms with Crippen LogP contribution >= 0.6 is 0 Å². The summed E-state index contributed by atoms with van der Waals surface area (Å²) in [5, 5.41) is 13.3. The van der Waals surface area contributed by atoms with Crippen molar-refractivity contribution in [2.24, 2.45) is 0 Å². The number of hydrogen-bond acceptors (Lipinski definition) is 4. The van der Waals surface area contributed by atoms with Crippen LogP contribution < -0.4 is 10.1 Å². The van der Waals surface area contributed by atoms with E-state index in [0.29, 0.717) is 19.3 Å². The zero-order chi connectivity index (χ0) is 15.1. The summed E-state index contributed by atoms with van der Waals surface area (Å²) in [6, 6.07) is 6.06. The molecule has 1 aromatic carbocycles. The zero-order valence-electron chi connectivity index (χ0n) is 13.1. The summed E-state index contributed by atoms with van der Waals surface area (Å²) in [6.07, 6.45) is 3.31. The molecule has 0 aliphatic carbocycles. The maximum Gasteiger partial charge on any atom is 0.125 e. The van der Waals surface area contributed by atoms with Gasteiger partial charge in [0.15, 0.2) is 0 Å². The third-order valence-corrected chi connectivity index (χ3v) is 3.85. The lowest BCUT2D eigenvalue weighted by atomic mass is 10.1. The fourth-order valence-corrected chi connectivity index (χ4v) is 2.64. The van der Waals surface area contributed by atoms with E-state index in [1.807, 2.05) is 32.0 Å². The Kier molecular flexibility index (Phi) is 6.49. The van der Waals surface area contributed by atoms with Gasteiger partial charge in [0.05, 0.1) is 6.10 Å². The lowest BCUT2D eigenvalue weighted by molar-refractivity contribution is 0.0141. The van der Waals surface area contributed by atoms with Gasteiger partial charge in [-0.3, -0.25) is 0 Å². The molecule has 21 heavy (non-hydrogen) atoms. The fraction of sp³-hybridized carbons (Fsp3) is 0.647. The molecule has 1 aliphatic rings. The normalized spacial score (nSPS) is 20.2. The van der Waals surface area contributed by atoms with Gasteiger partial charge in [-0.15, -0.1) is 0 Å². The molecule has 0 saturated carbocycles. The standard InChI is InChI=1S/C17H27NO3/c1-13-6-5-7-14(2)17(13)21-12-15(19)10-18-11-16-8-3-4-9-20-16/h5-7,15-16,18-19H,3-4,8-12H2,1-2H3. The Morgan fingerprint density at radius 3 is 2.76 bits per heavy atom. The van der Waals surface area contributed by atoms with Crippen molar-refractivity contribution < 1.29 is 14.6 Å². The fourth-order valence-electron chi connectivity index (χ4n) is 2.64. The van der Waals surface area contributed by atoms with Gasteiger partial charge in [0, 0.05) is 19.7 Å². The molecule has 0 amide bonds. The summed E-state index contributed by atoms with van der Waals surface area (Å²) >= 11 is 0. The number of hydrogen-bond donors (Lipinski definition) is 2.